The Kier molecular flexibility index (Phi) is 5.27. The number of carboxylic acids is 1. The molecule has 0 saturated heterocycles. The Hall–Kier alpha value is -3.60. The van der Waals surface area contributed by atoms with Crippen LogP contribution in [0.25, 0.3) is 11.1 Å². The van der Waals surface area contributed by atoms with E-state index in [0.29, 0.717) is 5.56 Å². The van der Waals surface area contributed by atoms with Crippen molar-refractivity contribution in [2.75, 3.05) is 13.7 Å². The Morgan fingerprint density at radius 3 is 2.00 bits per heavy atom. The van der Waals surface area contributed by atoms with Crippen molar-refractivity contribution in [1.82, 2.24) is 4.90 Å². The number of fused-ring (bicyclic) bond motifs is 3. The molecule has 30 heavy (non-hydrogen) atoms. The van der Waals surface area contributed by atoms with Gasteiger partial charge in [-0.15, -0.1) is 0 Å². The van der Waals surface area contributed by atoms with Crippen molar-refractivity contribution in [3.8, 4) is 11.1 Å². The topological polar surface area (TPSA) is 66.8 Å². The fourth-order valence-corrected chi connectivity index (χ4v) is 4.08. The summed E-state index contributed by atoms with van der Waals surface area (Å²) in [5.74, 6) is -1.17. The maximum absolute atomic E-state index is 12.8. The zero-order valence-electron chi connectivity index (χ0n) is 16.9. The van der Waals surface area contributed by atoms with Crippen LogP contribution in [0.5, 0.6) is 0 Å². The summed E-state index contributed by atoms with van der Waals surface area (Å²) < 4.78 is 5.60. The SMILES string of the molecule is Cc1ccc(C(C(=O)O)N(C)C(=O)OCC2c3ccccc3-c3ccccc32)cc1. The first-order valence-corrected chi connectivity index (χ1v) is 9.84. The van der Waals surface area contributed by atoms with Gasteiger partial charge in [0.1, 0.15) is 6.61 Å². The zero-order valence-corrected chi connectivity index (χ0v) is 16.9. The highest BCUT2D eigenvalue weighted by molar-refractivity contribution is 5.82. The minimum Gasteiger partial charge on any atom is -0.479 e. The van der Waals surface area contributed by atoms with E-state index in [1.54, 1.807) is 12.1 Å². The van der Waals surface area contributed by atoms with Gasteiger partial charge in [0.25, 0.3) is 0 Å². The van der Waals surface area contributed by atoms with E-state index in [1.165, 1.54) is 7.05 Å². The van der Waals surface area contributed by atoms with E-state index >= 15 is 0 Å². The number of carboxylic acid groups (broad SMARTS) is 1. The van der Waals surface area contributed by atoms with E-state index in [0.717, 1.165) is 32.7 Å². The van der Waals surface area contributed by atoms with Gasteiger partial charge in [0.2, 0.25) is 0 Å². The van der Waals surface area contributed by atoms with Crippen LogP contribution in [0.2, 0.25) is 0 Å². The van der Waals surface area contributed by atoms with Gasteiger partial charge in [-0.25, -0.2) is 9.59 Å². The fraction of sp³-hybridized carbons (Fsp3) is 0.200. The van der Waals surface area contributed by atoms with Crippen LogP contribution in [0.4, 0.5) is 4.79 Å². The van der Waals surface area contributed by atoms with Crippen LogP contribution in [0.15, 0.2) is 72.8 Å². The lowest BCUT2D eigenvalue weighted by atomic mass is 9.98. The largest absolute Gasteiger partial charge is 0.479 e. The lowest BCUT2D eigenvalue weighted by Crippen LogP contribution is -2.36. The number of ether oxygens (including phenoxy) is 1. The number of hydrogen-bond donors (Lipinski definition) is 1. The number of carbonyl (C=O) groups is 2. The molecule has 5 heteroatoms. The van der Waals surface area contributed by atoms with Crippen molar-refractivity contribution in [3.63, 3.8) is 0 Å². The lowest BCUT2D eigenvalue weighted by Gasteiger charge is -2.25. The van der Waals surface area contributed by atoms with E-state index in [2.05, 4.69) is 12.1 Å². The monoisotopic (exact) mass is 401 g/mol. The first-order chi connectivity index (χ1) is 14.5. The number of benzene rings is 3. The molecule has 0 heterocycles. The average molecular weight is 401 g/mol. The summed E-state index contributed by atoms with van der Waals surface area (Å²) in [6, 6.07) is 22.2. The quantitative estimate of drug-likeness (QED) is 0.653. The molecule has 1 amide bonds. The third-order valence-electron chi connectivity index (χ3n) is 5.64. The van der Waals surface area contributed by atoms with Gasteiger partial charge in [-0.05, 0) is 34.7 Å². The number of aliphatic carboxylic acids is 1. The number of amides is 1. The zero-order chi connectivity index (χ0) is 21.3. The van der Waals surface area contributed by atoms with E-state index < -0.39 is 18.1 Å². The van der Waals surface area contributed by atoms with Crippen LogP contribution in [0.1, 0.15) is 34.2 Å². The van der Waals surface area contributed by atoms with Crippen LogP contribution in [0, 0.1) is 6.92 Å². The smallest absolute Gasteiger partial charge is 0.410 e. The van der Waals surface area contributed by atoms with E-state index in [4.69, 9.17) is 4.74 Å². The second kappa shape index (κ2) is 8.03. The Bertz CT molecular complexity index is 1040. The van der Waals surface area contributed by atoms with Gasteiger partial charge < -0.3 is 9.84 Å². The molecule has 5 nitrogen and oxygen atoms in total. The van der Waals surface area contributed by atoms with Gasteiger partial charge >= 0.3 is 12.1 Å². The summed E-state index contributed by atoms with van der Waals surface area (Å²) in [7, 11) is 1.46. The van der Waals surface area contributed by atoms with Crippen molar-refractivity contribution in [2.45, 2.75) is 18.9 Å². The van der Waals surface area contributed by atoms with Crippen molar-refractivity contribution in [2.24, 2.45) is 0 Å². The third-order valence-corrected chi connectivity index (χ3v) is 5.64. The summed E-state index contributed by atoms with van der Waals surface area (Å²) in [5.41, 5.74) is 6.07. The van der Waals surface area contributed by atoms with Crippen LogP contribution < -0.4 is 0 Å². The molecule has 0 bridgehead atoms. The van der Waals surface area contributed by atoms with Gasteiger partial charge in [-0.2, -0.15) is 0 Å². The molecule has 1 unspecified atom stereocenters. The molecule has 1 atom stereocenters. The summed E-state index contributed by atoms with van der Waals surface area (Å²) in [6.45, 7) is 2.08. The molecule has 1 aliphatic carbocycles. The summed E-state index contributed by atoms with van der Waals surface area (Å²) in [4.78, 5) is 25.8. The van der Waals surface area contributed by atoms with Crippen molar-refractivity contribution >= 4 is 12.1 Å². The molecule has 0 fully saturated rings. The van der Waals surface area contributed by atoms with Crippen molar-refractivity contribution in [1.29, 1.82) is 0 Å². The Balaban J connectivity index is 1.53. The van der Waals surface area contributed by atoms with Gasteiger partial charge in [0.15, 0.2) is 6.04 Å². The standard InChI is InChI=1S/C25H23NO4/c1-16-11-13-17(14-12-16)23(24(27)28)26(2)25(29)30-15-22-20-9-5-3-7-18(20)19-8-4-6-10-21(19)22/h3-14,22-23H,15H2,1-2H3,(H,27,28). The highest BCUT2D eigenvalue weighted by atomic mass is 16.6. The van der Waals surface area contributed by atoms with Gasteiger partial charge in [0.05, 0.1) is 0 Å². The predicted octanol–water partition coefficient (Wildman–Crippen LogP) is 5.00. The molecule has 1 aliphatic rings. The molecule has 152 valence electrons. The molecule has 3 aromatic carbocycles. The summed E-state index contributed by atoms with van der Waals surface area (Å²) in [6.07, 6.45) is -0.662. The fourth-order valence-electron chi connectivity index (χ4n) is 4.08. The second-order valence-corrected chi connectivity index (χ2v) is 7.57. The normalized spacial score (nSPS) is 13.3. The molecule has 0 spiro atoms. The molecule has 3 aromatic rings. The first-order valence-electron chi connectivity index (χ1n) is 9.84. The molecular weight excluding hydrogens is 378 g/mol. The number of likely N-dealkylation sites (N-methyl/N-ethyl adjacent to an activating group) is 1. The second-order valence-electron chi connectivity index (χ2n) is 7.57. The molecule has 0 radical (unpaired) electrons. The van der Waals surface area contributed by atoms with Gasteiger partial charge in [-0.1, -0.05) is 78.4 Å². The number of hydrogen-bond acceptors (Lipinski definition) is 3. The number of rotatable bonds is 5. The molecule has 0 aliphatic heterocycles. The van der Waals surface area contributed by atoms with Crippen LogP contribution >= 0.6 is 0 Å². The van der Waals surface area contributed by atoms with Crippen LogP contribution in [-0.4, -0.2) is 35.7 Å². The van der Waals surface area contributed by atoms with Gasteiger partial charge in [0, 0.05) is 13.0 Å². The minimum atomic E-state index is -1.11. The Labute approximate surface area is 175 Å². The highest BCUT2D eigenvalue weighted by Crippen LogP contribution is 2.44. The van der Waals surface area contributed by atoms with Crippen LogP contribution in [0.3, 0.4) is 0 Å². The van der Waals surface area contributed by atoms with Crippen molar-refractivity contribution in [3.05, 3.63) is 95.1 Å². The Morgan fingerprint density at radius 1 is 0.933 bits per heavy atom. The summed E-state index contributed by atoms with van der Waals surface area (Å²) in [5, 5.41) is 9.71. The molecule has 0 saturated carbocycles. The average Bonchev–Trinajstić information content (AvgIpc) is 3.07. The lowest BCUT2D eigenvalue weighted by molar-refractivity contribution is -0.142. The third kappa shape index (κ3) is 3.54. The molecule has 4 rings (SSSR count). The number of nitrogens with zero attached hydrogens (tertiary/aromatic N) is 1. The van der Waals surface area contributed by atoms with Crippen molar-refractivity contribution < 1.29 is 19.4 Å². The number of carbonyl (C=O) groups excluding carboxylic acids is 1. The van der Waals surface area contributed by atoms with Crippen LogP contribution in [-0.2, 0) is 9.53 Å². The van der Waals surface area contributed by atoms with E-state index in [9.17, 15) is 14.7 Å². The minimum absolute atomic E-state index is 0.0718. The van der Waals surface area contributed by atoms with E-state index in [-0.39, 0.29) is 12.5 Å². The summed E-state index contributed by atoms with van der Waals surface area (Å²) >= 11 is 0. The highest BCUT2D eigenvalue weighted by Gasteiger charge is 2.32. The first kappa shape index (κ1) is 19.7. The molecular formula is C25H23NO4. The van der Waals surface area contributed by atoms with Gasteiger partial charge in [-0.3, -0.25) is 4.90 Å². The molecule has 0 aromatic heterocycles. The maximum Gasteiger partial charge on any atom is 0.410 e. The molecule has 1 N–H and O–H groups in total. The predicted molar refractivity (Wildman–Crippen MR) is 114 cm³/mol. The maximum atomic E-state index is 12.8. The Morgan fingerprint density at radius 2 is 1.47 bits per heavy atom. The van der Waals surface area contributed by atoms with E-state index in [1.807, 2.05) is 55.5 Å². The number of aryl methyl sites for hydroxylation is 1.